The molecule has 1 N–H and O–H groups in total. The summed E-state index contributed by atoms with van der Waals surface area (Å²) in [4.78, 5) is 16.5. The second kappa shape index (κ2) is 6.88. The lowest BCUT2D eigenvalue weighted by atomic mass is 10.2. The third kappa shape index (κ3) is 4.31. The van der Waals surface area contributed by atoms with Gasteiger partial charge in [0.1, 0.15) is 0 Å². The number of carboxylic acid groups (broad SMARTS) is 1. The van der Waals surface area contributed by atoms with Gasteiger partial charge in [-0.3, -0.25) is 9.69 Å². The molecule has 0 fully saturated rings. The van der Waals surface area contributed by atoms with E-state index in [0.29, 0.717) is 16.7 Å². The van der Waals surface area contributed by atoms with Gasteiger partial charge in [-0.1, -0.05) is 22.7 Å². The first kappa shape index (κ1) is 15.0. The van der Waals surface area contributed by atoms with E-state index in [1.54, 1.807) is 24.3 Å². The summed E-state index contributed by atoms with van der Waals surface area (Å²) in [5, 5.41) is 13.3. The van der Waals surface area contributed by atoms with E-state index >= 15 is 0 Å². The Labute approximate surface area is 126 Å². The monoisotopic (exact) mass is 305 g/mol. The number of hydrogen-bond acceptors (Lipinski definition) is 5. The van der Waals surface area contributed by atoms with Crippen molar-refractivity contribution >= 4 is 17.6 Å². The van der Waals surface area contributed by atoms with E-state index in [0.717, 1.165) is 5.56 Å². The Morgan fingerprint density at radius 1 is 1.43 bits per heavy atom. The third-order valence-electron chi connectivity index (χ3n) is 2.60. The standard InChI is InChI=1S/C14H12ClN3O3/c1-2-7-18(9-13(19)20)8-12-16-14(17-21-12)10-3-5-11(15)6-4-10/h1,3-6H,7-9H2,(H,19,20). The second-order valence-corrected chi connectivity index (χ2v) is 4.70. The van der Waals surface area contributed by atoms with Gasteiger partial charge in [-0.15, -0.1) is 6.42 Å². The number of carboxylic acids is 1. The maximum absolute atomic E-state index is 10.7. The minimum atomic E-state index is -0.970. The van der Waals surface area contributed by atoms with E-state index in [2.05, 4.69) is 16.1 Å². The smallest absolute Gasteiger partial charge is 0.317 e. The summed E-state index contributed by atoms with van der Waals surface area (Å²) in [6.45, 7) is 0.172. The lowest BCUT2D eigenvalue weighted by Gasteiger charge is -2.13. The van der Waals surface area contributed by atoms with Gasteiger partial charge in [0.25, 0.3) is 0 Å². The molecule has 0 bridgehead atoms. The van der Waals surface area contributed by atoms with E-state index < -0.39 is 5.97 Å². The number of aromatic nitrogens is 2. The number of halogens is 1. The SMILES string of the molecule is C#CCN(CC(=O)O)Cc1nc(-c2ccc(Cl)cc2)no1. The van der Waals surface area contributed by atoms with Gasteiger partial charge >= 0.3 is 5.97 Å². The molecule has 0 amide bonds. The zero-order valence-corrected chi connectivity index (χ0v) is 11.7. The molecule has 0 saturated heterocycles. The summed E-state index contributed by atoms with van der Waals surface area (Å²) >= 11 is 5.81. The highest BCUT2D eigenvalue weighted by atomic mass is 35.5. The number of nitrogens with zero attached hydrogens (tertiary/aromatic N) is 3. The molecule has 1 aromatic carbocycles. The second-order valence-electron chi connectivity index (χ2n) is 4.26. The quantitative estimate of drug-likeness (QED) is 0.821. The number of benzene rings is 1. The van der Waals surface area contributed by atoms with E-state index in [1.165, 1.54) is 4.90 Å². The van der Waals surface area contributed by atoms with Gasteiger partial charge in [0.15, 0.2) is 0 Å². The number of rotatable bonds is 6. The highest BCUT2D eigenvalue weighted by Crippen LogP contribution is 2.19. The molecule has 0 spiro atoms. The fourth-order valence-electron chi connectivity index (χ4n) is 1.71. The van der Waals surface area contributed by atoms with Crippen molar-refractivity contribution in [3.05, 3.63) is 35.2 Å². The molecule has 1 heterocycles. The van der Waals surface area contributed by atoms with Crippen LogP contribution in [-0.2, 0) is 11.3 Å². The summed E-state index contributed by atoms with van der Waals surface area (Å²) in [7, 11) is 0. The number of hydrogen-bond donors (Lipinski definition) is 1. The summed E-state index contributed by atoms with van der Waals surface area (Å²) in [5.74, 6) is 2.14. The Morgan fingerprint density at radius 3 is 2.76 bits per heavy atom. The minimum absolute atomic E-state index is 0.178. The molecule has 6 nitrogen and oxygen atoms in total. The lowest BCUT2D eigenvalue weighted by Crippen LogP contribution is -2.29. The predicted octanol–water partition coefficient (Wildman–Crippen LogP) is 1.91. The summed E-state index contributed by atoms with van der Waals surface area (Å²) in [6.07, 6.45) is 5.21. The lowest BCUT2D eigenvalue weighted by molar-refractivity contribution is -0.138. The highest BCUT2D eigenvalue weighted by molar-refractivity contribution is 6.30. The maximum atomic E-state index is 10.7. The number of aliphatic carboxylic acids is 1. The molecular formula is C14H12ClN3O3. The fraction of sp³-hybridized carbons (Fsp3) is 0.214. The normalized spacial score (nSPS) is 10.5. The van der Waals surface area contributed by atoms with Gasteiger partial charge < -0.3 is 9.63 Å². The Morgan fingerprint density at radius 2 is 2.14 bits per heavy atom. The van der Waals surface area contributed by atoms with Crippen molar-refractivity contribution in [3.63, 3.8) is 0 Å². The molecule has 0 aliphatic heterocycles. The molecule has 108 valence electrons. The van der Waals surface area contributed by atoms with Crippen molar-refractivity contribution in [2.24, 2.45) is 0 Å². The van der Waals surface area contributed by atoms with E-state index in [1.807, 2.05) is 0 Å². The van der Waals surface area contributed by atoms with Crippen LogP contribution in [0.25, 0.3) is 11.4 Å². The molecule has 0 radical (unpaired) electrons. The van der Waals surface area contributed by atoms with Crippen LogP contribution in [0.2, 0.25) is 5.02 Å². The first-order valence-electron chi connectivity index (χ1n) is 6.04. The number of terminal acetylenes is 1. The molecule has 0 aliphatic carbocycles. The first-order chi connectivity index (χ1) is 10.1. The van der Waals surface area contributed by atoms with Crippen molar-refractivity contribution in [1.29, 1.82) is 0 Å². The van der Waals surface area contributed by atoms with Crippen LogP contribution in [0.1, 0.15) is 5.89 Å². The van der Waals surface area contributed by atoms with Crippen molar-refractivity contribution in [2.45, 2.75) is 6.54 Å². The average molecular weight is 306 g/mol. The minimum Gasteiger partial charge on any atom is -0.480 e. The first-order valence-corrected chi connectivity index (χ1v) is 6.42. The molecule has 0 aliphatic rings. The van der Waals surface area contributed by atoms with Crippen LogP contribution in [0.3, 0.4) is 0 Å². The molecule has 2 aromatic rings. The van der Waals surface area contributed by atoms with Gasteiger partial charge in [0.2, 0.25) is 11.7 Å². The molecule has 0 saturated carbocycles. The molecular weight excluding hydrogens is 294 g/mol. The molecule has 0 atom stereocenters. The molecule has 1 aromatic heterocycles. The Hall–Kier alpha value is -2.36. The van der Waals surface area contributed by atoms with Gasteiger partial charge in [0, 0.05) is 10.6 Å². The zero-order valence-electron chi connectivity index (χ0n) is 11.0. The van der Waals surface area contributed by atoms with Crippen LogP contribution >= 0.6 is 11.6 Å². The topological polar surface area (TPSA) is 79.5 Å². The summed E-state index contributed by atoms with van der Waals surface area (Å²) < 4.78 is 5.11. The van der Waals surface area contributed by atoms with E-state index in [-0.39, 0.29) is 19.6 Å². The summed E-state index contributed by atoms with van der Waals surface area (Å²) in [6, 6.07) is 6.99. The Balaban J connectivity index is 2.10. The van der Waals surface area contributed by atoms with Crippen molar-refractivity contribution in [3.8, 4) is 23.7 Å². The van der Waals surface area contributed by atoms with E-state index in [9.17, 15) is 4.79 Å². The molecule has 2 rings (SSSR count). The highest BCUT2D eigenvalue weighted by Gasteiger charge is 2.14. The van der Waals surface area contributed by atoms with Crippen molar-refractivity contribution in [2.75, 3.05) is 13.1 Å². The molecule has 21 heavy (non-hydrogen) atoms. The van der Waals surface area contributed by atoms with Crippen LogP contribution < -0.4 is 0 Å². The third-order valence-corrected chi connectivity index (χ3v) is 2.86. The average Bonchev–Trinajstić information content (AvgIpc) is 2.87. The predicted molar refractivity (Wildman–Crippen MR) is 76.5 cm³/mol. The summed E-state index contributed by atoms with van der Waals surface area (Å²) in [5.41, 5.74) is 0.760. The van der Waals surface area contributed by atoms with E-state index in [4.69, 9.17) is 27.7 Å². The van der Waals surface area contributed by atoms with Crippen LogP contribution in [0.5, 0.6) is 0 Å². The zero-order chi connectivity index (χ0) is 15.2. The van der Waals surface area contributed by atoms with Crippen molar-refractivity contribution in [1.82, 2.24) is 15.0 Å². The van der Waals surface area contributed by atoms with Gasteiger partial charge in [-0.05, 0) is 24.3 Å². The number of carbonyl (C=O) groups is 1. The van der Waals surface area contributed by atoms with Gasteiger partial charge in [-0.25, -0.2) is 0 Å². The van der Waals surface area contributed by atoms with Gasteiger partial charge in [0.05, 0.1) is 19.6 Å². The van der Waals surface area contributed by atoms with Crippen LogP contribution in [0.4, 0.5) is 0 Å². The van der Waals surface area contributed by atoms with Gasteiger partial charge in [-0.2, -0.15) is 4.98 Å². The fourth-order valence-corrected chi connectivity index (χ4v) is 1.84. The van der Waals surface area contributed by atoms with Crippen LogP contribution in [-0.4, -0.2) is 39.2 Å². The Kier molecular flexibility index (Phi) is 4.93. The van der Waals surface area contributed by atoms with Crippen LogP contribution in [0.15, 0.2) is 28.8 Å². The molecule has 7 heteroatoms. The van der Waals surface area contributed by atoms with Crippen molar-refractivity contribution < 1.29 is 14.4 Å². The van der Waals surface area contributed by atoms with Crippen LogP contribution in [0, 0.1) is 12.3 Å². The maximum Gasteiger partial charge on any atom is 0.317 e. The largest absolute Gasteiger partial charge is 0.480 e. The Bertz CT molecular complexity index is 661. The molecule has 0 unspecified atom stereocenters.